The average molecular weight is 300 g/mol. The lowest BCUT2D eigenvalue weighted by Gasteiger charge is -2.27. The third kappa shape index (κ3) is 3.33. The van der Waals surface area contributed by atoms with Gasteiger partial charge in [-0.05, 0) is 55.9 Å². The van der Waals surface area contributed by atoms with E-state index >= 15 is 0 Å². The lowest BCUT2D eigenvalue weighted by Crippen LogP contribution is -2.38. The quantitative estimate of drug-likeness (QED) is 0.898. The van der Waals surface area contributed by atoms with Crippen LogP contribution >= 0.6 is 0 Å². The number of nitrogens with zero attached hydrogens (tertiary/aromatic N) is 3. The highest BCUT2D eigenvalue weighted by atomic mass is 16.3. The Labute approximate surface area is 129 Å². The molecular weight excluding hydrogens is 280 g/mol. The van der Waals surface area contributed by atoms with Crippen molar-refractivity contribution in [3.63, 3.8) is 0 Å². The van der Waals surface area contributed by atoms with Crippen LogP contribution in [0.25, 0.3) is 5.69 Å². The monoisotopic (exact) mass is 300 g/mol. The van der Waals surface area contributed by atoms with E-state index in [0.717, 1.165) is 31.4 Å². The van der Waals surface area contributed by atoms with Crippen molar-refractivity contribution >= 4 is 5.91 Å². The van der Waals surface area contributed by atoms with Crippen molar-refractivity contribution in [2.45, 2.75) is 31.7 Å². The van der Waals surface area contributed by atoms with Crippen molar-refractivity contribution in [1.82, 2.24) is 20.1 Å². The summed E-state index contributed by atoms with van der Waals surface area (Å²) in [6.45, 7) is 0.255. The van der Waals surface area contributed by atoms with Crippen LogP contribution in [0.2, 0.25) is 0 Å². The summed E-state index contributed by atoms with van der Waals surface area (Å²) in [5.41, 5.74) is 1.58. The van der Waals surface area contributed by atoms with E-state index in [9.17, 15) is 4.79 Å². The molecule has 1 saturated carbocycles. The van der Waals surface area contributed by atoms with E-state index in [1.165, 1.54) is 0 Å². The molecule has 2 N–H and O–H groups in total. The van der Waals surface area contributed by atoms with Crippen molar-refractivity contribution in [3.8, 4) is 5.69 Å². The maximum atomic E-state index is 12.3. The third-order valence-corrected chi connectivity index (χ3v) is 4.29. The lowest BCUT2D eigenvalue weighted by atomic mass is 9.86. The molecule has 1 aliphatic carbocycles. The van der Waals surface area contributed by atoms with E-state index < -0.39 is 0 Å². The van der Waals surface area contributed by atoms with Crippen molar-refractivity contribution in [2.75, 3.05) is 6.61 Å². The van der Waals surface area contributed by atoms with Gasteiger partial charge in [-0.2, -0.15) is 0 Å². The smallest absolute Gasteiger partial charge is 0.251 e. The van der Waals surface area contributed by atoms with Gasteiger partial charge in [-0.1, -0.05) is 0 Å². The highest BCUT2D eigenvalue weighted by Gasteiger charge is 2.22. The van der Waals surface area contributed by atoms with Gasteiger partial charge in [0, 0.05) is 23.9 Å². The van der Waals surface area contributed by atoms with E-state index in [4.69, 9.17) is 5.11 Å². The number of hydrogen-bond donors (Lipinski definition) is 2. The van der Waals surface area contributed by atoms with E-state index in [0.29, 0.717) is 11.5 Å². The number of rotatable bonds is 4. The number of hydrogen-bond acceptors (Lipinski definition) is 4. The van der Waals surface area contributed by atoms with Crippen LogP contribution in [0.15, 0.2) is 36.9 Å². The van der Waals surface area contributed by atoms with Gasteiger partial charge >= 0.3 is 0 Å². The normalized spacial score (nSPS) is 21.5. The maximum absolute atomic E-state index is 12.3. The van der Waals surface area contributed by atoms with Crippen LogP contribution in [0.5, 0.6) is 0 Å². The summed E-state index contributed by atoms with van der Waals surface area (Å²) in [4.78, 5) is 12.3. The first-order valence-electron chi connectivity index (χ1n) is 7.63. The number of aliphatic hydroxyl groups is 1. The molecule has 116 valence electrons. The highest BCUT2D eigenvalue weighted by molar-refractivity contribution is 5.94. The van der Waals surface area contributed by atoms with Crippen LogP contribution < -0.4 is 5.32 Å². The van der Waals surface area contributed by atoms with Gasteiger partial charge in [0.2, 0.25) is 0 Å². The molecule has 0 radical (unpaired) electrons. The molecule has 22 heavy (non-hydrogen) atoms. The molecule has 1 aliphatic rings. The van der Waals surface area contributed by atoms with Gasteiger partial charge in [0.1, 0.15) is 12.7 Å². The minimum atomic E-state index is -0.0391. The summed E-state index contributed by atoms with van der Waals surface area (Å²) in [7, 11) is 0. The molecule has 0 aliphatic heterocycles. The zero-order chi connectivity index (χ0) is 15.4. The molecule has 1 aromatic carbocycles. The molecule has 1 amide bonds. The molecule has 6 nitrogen and oxygen atoms in total. The minimum absolute atomic E-state index is 0.0391. The first-order chi connectivity index (χ1) is 10.8. The Morgan fingerprint density at radius 3 is 2.36 bits per heavy atom. The summed E-state index contributed by atoms with van der Waals surface area (Å²) in [6.07, 6.45) is 7.08. The van der Waals surface area contributed by atoms with Crippen molar-refractivity contribution in [3.05, 3.63) is 42.5 Å². The van der Waals surface area contributed by atoms with Crippen LogP contribution in [-0.4, -0.2) is 38.4 Å². The Morgan fingerprint density at radius 2 is 1.77 bits per heavy atom. The number of nitrogens with one attached hydrogen (secondary N) is 1. The fraction of sp³-hybridized carbons (Fsp3) is 0.438. The molecule has 0 saturated heterocycles. The van der Waals surface area contributed by atoms with Gasteiger partial charge in [0.25, 0.3) is 5.91 Å². The van der Waals surface area contributed by atoms with E-state index in [1.807, 2.05) is 24.3 Å². The predicted molar refractivity (Wildman–Crippen MR) is 81.7 cm³/mol. The Bertz CT molecular complexity index is 602. The van der Waals surface area contributed by atoms with Crippen LogP contribution in [0.4, 0.5) is 0 Å². The number of aromatic nitrogens is 3. The molecule has 3 rings (SSSR count). The Kier molecular flexibility index (Phi) is 4.48. The molecule has 0 spiro atoms. The largest absolute Gasteiger partial charge is 0.396 e. The maximum Gasteiger partial charge on any atom is 0.251 e. The van der Waals surface area contributed by atoms with E-state index in [2.05, 4.69) is 15.5 Å². The second-order valence-electron chi connectivity index (χ2n) is 5.79. The topological polar surface area (TPSA) is 80.0 Å². The number of carbonyl (C=O) groups is 1. The van der Waals surface area contributed by atoms with Gasteiger partial charge in [0.05, 0.1) is 0 Å². The van der Waals surface area contributed by atoms with Gasteiger partial charge in [-0.15, -0.1) is 10.2 Å². The van der Waals surface area contributed by atoms with E-state index in [1.54, 1.807) is 17.2 Å². The molecular formula is C16H20N4O2. The second-order valence-corrected chi connectivity index (χ2v) is 5.79. The summed E-state index contributed by atoms with van der Waals surface area (Å²) in [6, 6.07) is 7.59. The molecule has 6 heteroatoms. The standard InChI is InChI=1S/C16H20N4O2/c21-9-12-1-5-14(6-2-12)19-16(22)13-3-7-15(8-4-13)20-10-17-18-11-20/h3-4,7-8,10-12,14,21H,1-2,5-6,9H2,(H,19,22). The molecule has 0 atom stereocenters. The molecule has 2 aromatic rings. The Balaban J connectivity index is 1.58. The Morgan fingerprint density at radius 1 is 1.14 bits per heavy atom. The fourth-order valence-electron chi connectivity index (χ4n) is 2.88. The van der Waals surface area contributed by atoms with Crippen molar-refractivity contribution < 1.29 is 9.90 Å². The van der Waals surface area contributed by atoms with Gasteiger partial charge in [-0.25, -0.2) is 0 Å². The van der Waals surface area contributed by atoms with Crippen LogP contribution in [0, 0.1) is 5.92 Å². The third-order valence-electron chi connectivity index (χ3n) is 4.29. The van der Waals surface area contributed by atoms with Gasteiger partial charge in [0.15, 0.2) is 0 Å². The first kappa shape index (κ1) is 14.7. The van der Waals surface area contributed by atoms with Crippen molar-refractivity contribution in [2.24, 2.45) is 5.92 Å². The first-order valence-corrected chi connectivity index (χ1v) is 7.63. The summed E-state index contributed by atoms with van der Waals surface area (Å²) >= 11 is 0. The lowest BCUT2D eigenvalue weighted by molar-refractivity contribution is 0.0914. The number of aliphatic hydroxyl groups excluding tert-OH is 1. The average Bonchev–Trinajstić information content (AvgIpc) is 3.10. The number of benzene rings is 1. The second kappa shape index (κ2) is 6.70. The van der Waals surface area contributed by atoms with Crippen LogP contribution in [-0.2, 0) is 0 Å². The van der Waals surface area contributed by atoms with Gasteiger partial charge < -0.3 is 10.4 Å². The Hall–Kier alpha value is -2.21. The molecule has 1 aromatic heterocycles. The number of amides is 1. The SMILES string of the molecule is O=C(NC1CCC(CO)CC1)c1ccc(-n2cnnc2)cc1. The molecule has 0 bridgehead atoms. The predicted octanol–water partition coefficient (Wildman–Crippen LogP) is 1.55. The van der Waals surface area contributed by atoms with Crippen LogP contribution in [0.1, 0.15) is 36.0 Å². The molecule has 0 unspecified atom stereocenters. The highest BCUT2D eigenvalue weighted by Crippen LogP contribution is 2.24. The van der Waals surface area contributed by atoms with E-state index in [-0.39, 0.29) is 18.6 Å². The molecule has 1 heterocycles. The fourth-order valence-corrected chi connectivity index (χ4v) is 2.88. The molecule has 1 fully saturated rings. The summed E-state index contributed by atoms with van der Waals surface area (Å²) in [5.74, 6) is 0.360. The van der Waals surface area contributed by atoms with Crippen LogP contribution in [0.3, 0.4) is 0 Å². The minimum Gasteiger partial charge on any atom is -0.396 e. The van der Waals surface area contributed by atoms with Crippen molar-refractivity contribution in [1.29, 1.82) is 0 Å². The zero-order valence-corrected chi connectivity index (χ0v) is 12.4. The van der Waals surface area contributed by atoms with Gasteiger partial charge in [-0.3, -0.25) is 9.36 Å². The zero-order valence-electron chi connectivity index (χ0n) is 12.4. The number of carbonyl (C=O) groups excluding carboxylic acids is 1. The summed E-state index contributed by atoms with van der Waals surface area (Å²) < 4.78 is 1.79. The summed E-state index contributed by atoms with van der Waals surface area (Å²) in [5, 5.41) is 19.8.